The van der Waals surface area contributed by atoms with Crippen molar-refractivity contribution >= 4 is 21.4 Å². The van der Waals surface area contributed by atoms with Crippen LogP contribution in [0.15, 0.2) is 21.7 Å². The quantitative estimate of drug-likeness (QED) is 0.918. The Kier molecular flexibility index (Phi) is 4.42. The van der Waals surface area contributed by atoms with E-state index in [-0.39, 0.29) is 0 Å². The van der Waals surface area contributed by atoms with Crippen LogP contribution in [0.4, 0.5) is 0 Å². The van der Waals surface area contributed by atoms with E-state index in [1.807, 2.05) is 12.4 Å². The summed E-state index contributed by atoms with van der Waals surface area (Å²) in [7, 11) is -1.31. The predicted molar refractivity (Wildman–Crippen MR) is 74.3 cm³/mol. The van der Waals surface area contributed by atoms with Crippen LogP contribution in [-0.2, 0) is 10.0 Å². The maximum atomic E-state index is 12.4. The van der Waals surface area contributed by atoms with Gasteiger partial charge in [-0.05, 0) is 30.8 Å². The molecule has 0 aromatic carbocycles. The van der Waals surface area contributed by atoms with Gasteiger partial charge in [0.25, 0.3) is 10.0 Å². The van der Waals surface area contributed by atoms with Gasteiger partial charge < -0.3 is 5.32 Å². The van der Waals surface area contributed by atoms with Crippen LogP contribution in [0.5, 0.6) is 0 Å². The average Bonchev–Trinajstić information content (AvgIpc) is 2.92. The van der Waals surface area contributed by atoms with Crippen molar-refractivity contribution in [2.75, 3.05) is 20.1 Å². The molecule has 0 amide bonds. The number of hydrogen-bond acceptors (Lipinski definition) is 4. The Morgan fingerprint density at radius 1 is 1.56 bits per heavy atom. The predicted octanol–water partition coefficient (Wildman–Crippen LogP) is 1.76. The molecule has 2 unspecified atom stereocenters. The number of sulfonamides is 1. The van der Waals surface area contributed by atoms with Gasteiger partial charge in [0.1, 0.15) is 4.21 Å². The average molecular weight is 288 g/mol. The molecule has 6 heteroatoms. The smallest absolute Gasteiger partial charge is 0.252 e. The van der Waals surface area contributed by atoms with Gasteiger partial charge in [-0.15, -0.1) is 11.3 Å². The zero-order valence-corrected chi connectivity index (χ0v) is 12.4. The molecule has 2 heterocycles. The van der Waals surface area contributed by atoms with E-state index in [0.717, 1.165) is 12.8 Å². The van der Waals surface area contributed by atoms with Crippen LogP contribution in [0.25, 0.3) is 0 Å². The van der Waals surface area contributed by atoms with E-state index in [0.29, 0.717) is 29.3 Å². The molecule has 4 nitrogen and oxygen atoms in total. The third kappa shape index (κ3) is 2.61. The molecule has 18 heavy (non-hydrogen) atoms. The van der Waals surface area contributed by atoms with E-state index >= 15 is 0 Å². The standard InChI is InChI=1S/C12H20N2O2S2/c1-3-10-9-14(7-6-11(10)13-2)18(15,16)12-5-4-8-17-12/h4-5,8,10-11,13H,3,6-7,9H2,1-2H3. The molecule has 0 saturated carbocycles. The van der Waals surface area contributed by atoms with E-state index in [2.05, 4.69) is 12.2 Å². The van der Waals surface area contributed by atoms with E-state index in [1.54, 1.807) is 16.4 Å². The van der Waals surface area contributed by atoms with Crippen molar-refractivity contribution in [3.63, 3.8) is 0 Å². The molecule has 102 valence electrons. The first-order valence-electron chi connectivity index (χ1n) is 6.30. The van der Waals surface area contributed by atoms with Gasteiger partial charge in [-0.1, -0.05) is 19.4 Å². The maximum Gasteiger partial charge on any atom is 0.252 e. The molecule has 1 aliphatic rings. The lowest BCUT2D eigenvalue weighted by Gasteiger charge is -2.37. The van der Waals surface area contributed by atoms with Crippen LogP contribution in [0.1, 0.15) is 19.8 Å². The van der Waals surface area contributed by atoms with Crippen molar-refractivity contribution in [1.82, 2.24) is 9.62 Å². The lowest BCUT2D eigenvalue weighted by Crippen LogP contribution is -2.49. The van der Waals surface area contributed by atoms with Crippen LogP contribution in [0, 0.1) is 5.92 Å². The van der Waals surface area contributed by atoms with Gasteiger partial charge in [-0.2, -0.15) is 4.31 Å². The highest BCUT2D eigenvalue weighted by Crippen LogP contribution is 2.27. The fourth-order valence-corrected chi connectivity index (χ4v) is 5.20. The third-order valence-electron chi connectivity index (χ3n) is 3.68. The Bertz CT molecular complexity index is 470. The summed E-state index contributed by atoms with van der Waals surface area (Å²) >= 11 is 1.29. The van der Waals surface area contributed by atoms with Crippen LogP contribution in [0.2, 0.25) is 0 Å². The van der Waals surface area contributed by atoms with E-state index in [9.17, 15) is 8.42 Å². The number of nitrogens with one attached hydrogen (secondary N) is 1. The summed E-state index contributed by atoms with van der Waals surface area (Å²) in [4.78, 5) is 0. The Morgan fingerprint density at radius 3 is 2.89 bits per heavy atom. The molecule has 1 aliphatic heterocycles. The van der Waals surface area contributed by atoms with Gasteiger partial charge in [0.2, 0.25) is 0 Å². The fraction of sp³-hybridized carbons (Fsp3) is 0.667. The lowest BCUT2D eigenvalue weighted by molar-refractivity contribution is 0.209. The van der Waals surface area contributed by atoms with Crippen LogP contribution >= 0.6 is 11.3 Å². The fourth-order valence-electron chi connectivity index (χ4n) is 2.55. The first-order valence-corrected chi connectivity index (χ1v) is 8.62. The maximum absolute atomic E-state index is 12.4. The number of thiophene rings is 1. The lowest BCUT2D eigenvalue weighted by atomic mass is 9.91. The van der Waals surface area contributed by atoms with Crippen LogP contribution in [0.3, 0.4) is 0 Å². The second-order valence-electron chi connectivity index (χ2n) is 4.65. The first-order chi connectivity index (χ1) is 8.59. The summed E-state index contributed by atoms with van der Waals surface area (Å²) in [5.74, 6) is 0.401. The Balaban J connectivity index is 2.16. The molecule has 2 atom stereocenters. The number of rotatable bonds is 4. The van der Waals surface area contributed by atoms with Gasteiger partial charge in [-0.25, -0.2) is 8.42 Å². The van der Waals surface area contributed by atoms with Crippen molar-refractivity contribution < 1.29 is 8.42 Å². The van der Waals surface area contributed by atoms with Gasteiger partial charge in [0.15, 0.2) is 0 Å². The molecule has 1 saturated heterocycles. The van der Waals surface area contributed by atoms with Crippen molar-refractivity contribution in [1.29, 1.82) is 0 Å². The summed E-state index contributed by atoms with van der Waals surface area (Å²) in [6.07, 6.45) is 1.89. The monoisotopic (exact) mass is 288 g/mol. The van der Waals surface area contributed by atoms with E-state index in [4.69, 9.17) is 0 Å². The minimum absolute atomic E-state index is 0.401. The third-order valence-corrected chi connectivity index (χ3v) is 6.92. The summed E-state index contributed by atoms with van der Waals surface area (Å²) in [5, 5.41) is 5.10. The van der Waals surface area contributed by atoms with E-state index in [1.165, 1.54) is 11.3 Å². The number of piperidine rings is 1. The second-order valence-corrected chi connectivity index (χ2v) is 7.76. The molecular formula is C12H20N2O2S2. The zero-order valence-electron chi connectivity index (χ0n) is 10.8. The highest BCUT2D eigenvalue weighted by molar-refractivity contribution is 7.91. The largest absolute Gasteiger partial charge is 0.317 e. The highest BCUT2D eigenvalue weighted by atomic mass is 32.2. The Labute approximate surface area is 113 Å². The molecule has 0 spiro atoms. The SMILES string of the molecule is CCC1CN(S(=O)(=O)c2cccs2)CCC1NC. The molecular weight excluding hydrogens is 268 g/mol. The molecule has 1 aromatic heterocycles. The molecule has 0 radical (unpaired) electrons. The van der Waals surface area contributed by atoms with Gasteiger partial charge in [-0.3, -0.25) is 0 Å². The molecule has 0 bridgehead atoms. The zero-order chi connectivity index (χ0) is 13.2. The molecule has 1 fully saturated rings. The van der Waals surface area contributed by atoms with Gasteiger partial charge >= 0.3 is 0 Å². The summed E-state index contributed by atoms with van der Waals surface area (Å²) in [6, 6.07) is 3.91. The van der Waals surface area contributed by atoms with E-state index < -0.39 is 10.0 Å². The summed E-state index contributed by atoms with van der Waals surface area (Å²) < 4.78 is 26.9. The minimum atomic E-state index is -3.27. The van der Waals surface area contributed by atoms with Gasteiger partial charge in [0.05, 0.1) is 0 Å². The van der Waals surface area contributed by atoms with Crippen LogP contribution < -0.4 is 5.32 Å². The molecule has 0 aliphatic carbocycles. The number of hydrogen-bond donors (Lipinski definition) is 1. The molecule has 1 N–H and O–H groups in total. The van der Waals surface area contributed by atoms with Crippen molar-refractivity contribution in [3.05, 3.63) is 17.5 Å². The molecule has 2 rings (SSSR count). The number of nitrogens with zero attached hydrogens (tertiary/aromatic N) is 1. The van der Waals surface area contributed by atoms with Crippen molar-refractivity contribution in [2.24, 2.45) is 5.92 Å². The van der Waals surface area contributed by atoms with Crippen molar-refractivity contribution in [2.45, 2.75) is 30.0 Å². The summed E-state index contributed by atoms with van der Waals surface area (Å²) in [6.45, 7) is 3.36. The van der Waals surface area contributed by atoms with Crippen LogP contribution in [-0.4, -0.2) is 38.9 Å². The Hall–Kier alpha value is -0.430. The molecule has 1 aromatic rings. The minimum Gasteiger partial charge on any atom is -0.317 e. The van der Waals surface area contributed by atoms with Crippen molar-refractivity contribution in [3.8, 4) is 0 Å². The normalized spacial score (nSPS) is 26.3. The second kappa shape index (κ2) is 5.69. The highest BCUT2D eigenvalue weighted by Gasteiger charge is 2.34. The first kappa shape index (κ1) is 14.0. The Morgan fingerprint density at radius 2 is 2.33 bits per heavy atom. The van der Waals surface area contributed by atoms with Gasteiger partial charge in [0, 0.05) is 19.1 Å². The summed E-state index contributed by atoms with van der Waals surface area (Å²) in [5.41, 5.74) is 0. The topological polar surface area (TPSA) is 49.4 Å².